The molecule has 3 N–H and O–H groups in total. The summed E-state index contributed by atoms with van der Waals surface area (Å²) in [5, 5.41) is 20.7. The van der Waals surface area contributed by atoms with Crippen LogP contribution in [0.1, 0.15) is 6.92 Å². The van der Waals surface area contributed by atoms with Crippen LogP contribution in [0.15, 0.2) is 12.2 Å². The van der Waals surface area contributed by atoms with Crippen molar-refractivity contribution in [2.45, 2.75) is 19.1 Å². The van der Waals surface area contributed by atoms with Gasteiger partial charge in [-0.05, 0) is 14.0 Å². The Morgan fingerprint density at radius 1 is 1.60 bits per heavy atom. The summed E-state index contributed by atoms with van der Waals surface area (Å²) in [7, 11) is 1.70. The van der Waals surface area contributed by atoms with E-state index in [2.05, 4.69) is 5.32 Å². The molecule has 2 atom stereocenters. The smallest absolute Gasteiger partial charge is 0.0896 e. The minimum absolute atomic E-state index is 0.0536. The van der Waals surface area contributed by atoms with Crippen molar-refractivity contribution in [2.75, 3.05) is 13.7 Å². The Morgan fingerprint density at radius 2 is 2.20 bits per heavy atom. The average molecular weight is 145 g/mol. The molecule has 0 aromatic heterocycles. The normalized spacial score (nSPS) is 17.6. The fourth-order valence-electron chi connectivity index (χ4n) is 0.701. The van der Waals surface area contributed by atoms with Crippen molar-refractivity contribution >= 4 is 0 Å². The lowest BCUT2D eigenvalue weighted by Crippen LogP contribution is -2.39. The molecular weight excluding hydrogens is 130 g/mol. The van der Waals surface area contributed by atoms with Crippen molar-refractivity contribution < 1.29 is 10.2 Å². The Bertz CT molecular complexity index is 99.8. The lowest BCUT2D eigenvalue weighted by molar-refractivity contribution is 0.128. The van der Waals surface area contributed by atoms with E-state index in [1.807, 2.05) is 6.92 Å². The summed E-state index contributed by atoms with van der Waals surface area (Å²) in [5.41, 5.74) is 0. The first kappa shape index (κ1) is 9.62. The third kappa shape index (κ3) is 2.96. The summed E-state index contributed by atoms with van der Waals surface area (Å²) < 4.78 is 0. The number of hydrogen-bond acceptors (Lipinski definition) is 3. The molecule has 0 aromatic carbocycles. The van der Waals surface area contributed by atoms with Crippen LogP contribution in [-0.4, -0.2) is 36.0 Å². The summed E-state index contributed by atoms with van der Waals surface area (Å²) >= 11 is 0. The van der Waals surface area contributed by atoms with Gasteiger partial charge in [-0.2, -0.15) is 0 Å². The summed E-state index contributed by atoms with van der Waals surface area (Å²) in [5.74, 6) is 0. The van der Waals surface area contributed by atoms with Crippen LogP contribution < -0.4 is 5.32 Å². The van der Waals surface area contributed by atoms with E-state index >= 15 is 0 Å². The van der Waals surface area contributed by atoms with E-state index in [-0.39, 0.29) is 12.6 Å². The van der Waals surface area contributed by atoms with Crippen molar-refractivity contribution in [3.05, 3.63) is 12.2 Å². The van der Waals surface area contributed by atoms with Gasteiger partial charge in [0.25, 0.3) is 0 Å². The van der Waals surface area contributed by atoms with Crippen LogP contribution in [0.5, 0.6) is 0 Å². The van der Waals surface area contributed by atoms with E-state index in [0.29, 0.717) is 0 Å². The fraction of sp³-hybridized carbons (Fsp3) is 0.714. The zero-order valence-electron chi connectivity index (χ0n) is 6.41. The van der Waals surface area contributed by atoms with Crippen molar-refractivity contribution in [1.82, 2.24) is 5.32 Å². The highest BCUT2D eigenvalue weighted by Gasteiger charge is 2.11. The number of hydrogen-bond donors (Lipinski definition) is 3. The van der Waals surface area contributed by atoms with Gasteiger partial charge in [-0.1, -0.05) is 12.2 Å². The van der Waals surface area contributed by atoms with Crippen LogP contribution in [0.2, 0.25) is 0 Å². The topological polar surface area (TPSA) is 52.5 Å². The minimum atomic E-state index is -0.597. The fourth-order valence-corrected chi connectivity index (χ4v) is 0.701. The number of rotatable bonds is 4. The molecule has 0 aliphatic rings. The van der Waals surface area contributed by atoms with Crippen molar-refractivity contribution in [1.29, 1.82) is 0 Å². The maximum Gasteiger partial charge on any atom is 0.0896 e. The average Bonchev–Trinajstić information content (AvgIpc) is 1.91. The molecule has 0 fully saturated rings. The Labute approximate surface area is 61.4 Å². The molecule has 0 aromatic rings. The van der Waals surface area contributed by atoms with Crippen molar-refractivity contribution in [3.8, 4) is 0 Å². The SMILES string of the molecule is C/C=C/C(O)C(CO)NC. The van der Waals surface area contributed by atoms with Gasteiger partial charge in [0, 0.05) is 0 Å². The Balaban J connectivity index is 3.75. The van der Waals surface area contributed by atoms with E-state index in [9.17, 15) is 5.11 Å². The molecule has 0 aliphatic heterocycles. The third-order valence-electron chi connectivity index (χ3n) is 1.37. The molecule has 0 saturated heterocycles. The summed E-state index contributed by atoms with van der Waals surface area (Å²) in [6, 6.07) is -0.254. The van der Waals surface area contributed by atoms with Crippen LogP contribution in [-0.2, 0) is 0 Å². The predicted octanol–water partition coefficient (Wildman–Crippen LogP) is -0.496. The first-order valence-electron chi connectivity index (χ1n) is 3.35. The molecule has 0 heterocycles. The van der Waals surface area contributed by atoms with E-state index in [0.717, 1.165) is 0 Å². The highest BCUT2D eigenvalue weighted by molar-refractivity contribution is 4.92. The number of aliphatic hydroxyl groups is 2. The second kappa shape index (κ2) is 5.41. The van der Waals surface area contributed by atoms with Gasteiger partial charge in [-0.25, -0.2) is 0 Å². The second-order valence-electron chi connectivity index (χ2n) is 2.09. The van der Waals surface area contributed by atoms with Crippen LogP contribution in [0, 0.1) is 0 Å². The minimum Gasteiger partial charge on any atom is -0.395 e. The number of allylic oxidation sites excluding steroid dienone is 1. The van der Waals surface area contributed by atoms with Gasteiger partial charge in [0.1, 0.15) is 0 Å². The molecule has 0 bridgehead atoms. The lowest BCUT2D eigenvalue weighted by Gasteiger charge is -2.16. The van der Waals surface area contributed by atoms with Gasteiger partial charge in [0.15, 0.2) is 0 Å². The van der Waals surface area contributed by atoms with Gasteiger partial charge < -0.3 is 15.5 Å². The first-order valence-corrected chi connectivity index (χ1v) is 3.35. The molecule has 0 amide bonds. The Kier molecular flexibility index (Phi) is 5.20. The molecule has 3 heteroatoms. The lowest BCUT2D eigenvalue weighted by atomic mass is 10.1. The number of nitrogens with one attached hydrogen (secondary N) is 1. The van der Waals surface area contributed by atoms with Crippen LogP contribution in [0.4, 0.5) is 0 Å². The van der Waals surface area contributed by atoms with Gasteiger partial charge >= 0.3 is 0 Å². The highest BCUT2D eigenvalue weighted by atomic mass is 16.3. The number of likely N-dealkylation sites (N-methyl/N-ethyl adjacent to an activating group) is 1. The molecule has 0 rings (SSSR count). The molecule has 60 valence electrons. The molecule has 0 radical (unpaired) electrons. The predicted molar refractivity (Wildman–Crippen MR) is 40.8 cm³/mol. The first-order chi connectivity index (χ1) is 4.76. The Morgan fingerprint density at radius 3 is 2.50 bits per heavy atom. The van der Waals surface area contributed by atoms with Crippen molar-refractivity contribution in [2.24, 2.45) is 0 Å². The van der Waals surface area contributed by atoms with Crippen LogP contribution in [0.25, 0.3) is 0 Å². The molecule has 0 aliphatic carbocycles. The largest absolute Gasteiger partial charge is 0.395 e. The standard InChI is InChI=1S/C7H15NO2/c1-3-4-7(10)6(5-9)8-2/h3-4,6-10H,5H2,1-2H3/b4-3+. The van der Waals surface area contributed by atoms with Gasteiger partial charge in [-0.3, -0.25) is 0 Å². The van der Waals surface area contributed by atoms with Crippen LogP contribution in [0.3, 0.4) is 0 Å². The van der Waals surface area contributed by atoms with Crippen LogP contribution >= 0.6 is 0 Å². The second-order valence-corrected chi connectivity index (χ2v) is 2.09. The van der Waals surface area contributed by atoms with Crippen molar-refractivity contribution in [3.63, 3.8) is 0 Å². The maximum absolute atomic E-state index is 9.20. The monoisotopic (exact) mass is 145 g/mol. The molecule has 3 nitrogen and oxygen atoms in total. The van der Waals surface area contributed by atoms with E-state index in [4.69, 9.17) is 5.11 Å². The molecular formula is C7H15NO2. The quantitative estimate of drug-likeness (QED) is 0.468. The third-order valence-corrected chi connectivity index (χ3v) is 1.37. The summed E-state index contributed by atoms with van der Waals surface area (Å²) in [6.07, 6.45) is 2.79. The van der Waals surface area contributed by atoms with E-state index in [1.165, 1.54) is 0 Å². The van der Waals surface area contributed by atoms with E-state index in [1.54, 1.807) is 19.2 Å². The van der Waals surface area contributed by atoms with Gasteiger partial charge in [-0.15, -0.1) is 0 Å². The zero-order chi connectivity index (χ0) is 7.98. The van der Waals surface area contributed by atoms with E-state index < -0.39 is 6.10 Å². The molecule has 10 heavy (non-hydrogen) atoms. The summed E-state index contributed by atoms with van der Waals surface area (Å²) in [6.45, 7) is 1.77. The summed E-state index contributed by atoms with van der Waals surface area (Å²) in [4.78, 5) is 0. The highest BCUT2D eigenvalue weighted by Crippen LogP contribution is 1.93. The zero-order valence-corrected chi connectivity index (χ0v) is 6.41. The molecule has 0 saturated carbocycles. The van der Waals surface area contributed by atoms with Gasteiger partial charge in [0.2, 0.25) is 0 Å². The number of aliphatic hydroxyl groups excluding tert-OH is 2. The molecule has 0 spiro atoms. The maximum atomic E-state index is 9.20. The molecule has 2 unspecified atom stereocenters. The Hall–Kier alpha value is -0.380. The van der Waals surface area contributed by atoms with Gasteiger partial charge in [0.05, 0.1) is 18.8 Å².